The van der Waals surface area contributed by atoms with Crippen molar-refractivity contribution in [1.29, 1.82) is 0 Å². The molecule has 12 nitrogen and oxygen atoms in total. The van der Waals surface area contributed by atoms with Gasteiger partial charge in [0, 0.05) is 37.3 Å². The Kier molecular flexibility index (Phi) is 4.87. The van der Waals surface area contributed by atoms with E-state index in [2.05, 4.69) is 20.3 Å². The molecule has 1 N–H and O–H groups in total. The van der Waals surface area contributed by atoms with Crippen LogP contribution in [0, 0.1) is 0 Å². The first-order chi connectivity index (χ1) is 17.0. The number of morpholine rings is 1. The van der Waals surface area contributed by atoms with E-state index >= 15 is 0 Å². The van der Waals surface area contributed by atoms with Gasteiger partial charge in [-0.25, -0.2) is 14.6 Å². The van der Waals surface area contributed by atoms with Crippen molar-refractivity contribution in [3.8, 4) is 11.5 Å². The first-order valence-corrected chi connectivity index (χ1v) is 11.1. The molecule has 3 aliphatic rings. The normalized spacial score (nSPS) is 20.5. The highest BCUT2D eigenvalue weighted by molar-refractivity contribution is 5.97. The van der Waals surface area contributed by atoms with Gasteiger partial charge >= 0.3 is 12.1 Å². The van der Waals surface area contributed by atoms with Crippen molar-refractivity contribution >= 4 is 34.7 Å². The van der Waals surface area contributed by atoms with E-state index < -0.39 is 24.0 Å². The van der Waals surface area contributed by atoms with Gasteiger partial charge < -0.3 is 19.5 Å². The number of hydrogen-bond donors (Lipinski definition) is 1. The minimum absolute atomic E-state index is 0.140. The highest BCUT2D eigenvalue weighted by Crippen LogP contribution is 2.38. The molecule has 3 aliphatic heterocycles. The molecule has 2 amide bonds. The number of ether oxygens (including phenoxy) is 3. The summed E-state index contributed by atoms with van der Waals surface area (Å²) < 4.78 is 18.2. The van der Waals surface area contributed by atoms with Crippen LogP contribution in [0.25, 0.3) is 10.9 Å². The van der Waals surface area contributed by atoms with Gasteiger partial charge in [0.25, 0.3) is 5.91 Å². The second kappa shape index (κ2) is 8.08. The summed E-state index contributed by atoms with van der Waals surface area (Å²) in [4.78, 5) is 51.6. The van der Waals surface area contributed by atoms with Gasteiger partial charge in [-0.15, -0.1) is 0 Å². The average molecular weight is 476 g/mol. The third-order valence-electron chi connectivity index (χ3n) is 6.27. The van der Waals surface area contributed by atoms with Gasteiger partial charge in [-0.3, -0.25) is 19.2 Å². The van der Waals surface area contributed by atoms with Crippen LogP contribution in [0.4, 0.5) is 10.6 Å². The second-order valence-electron chi connectivity index (χ2n) is 8.32. The van der Waals surface area contributed by atoms with Crippen LogP contribution in [0.15, 0.2) is 41.7 Å². The molecule has 2 bridgehead atoms. The maximum atomic E-state index is 12.8. The summed E-state index contributed by atoms with van der Waals surface area (Å²) in [6.45, 7) is 1.50. The summed E-state index contributed by atoms with van der Waals surface area (Å²) in [5.74, 6) is 0.174. The Morgan fingerprint density at radius 1 is 1.29 bits per heavy atom. The van der Waals surface area contributed by atoms with Crippen LogP contribution in [0.5, 0.6) is 11.5 Å². The molecule has 3 aromatic rings. The van der Waals surface area contributed by atoms with E-state index in [4.69, 9.17) is 14.2 Å². The number of amides is 2. The lowest BCUT2D eigenvalue weighted by Gasteiger charge is -2.25. The minimum Gasteiger partial charge on any atom is -0.491 e. The summed E-state index contributed by atoms with van der Waals surface area (Å²) in [6.07, 6.45) is 2.51. The highest BCUT2D eigenvalue weighted by atomic mass is 16.6. The second-order valence-corrected chi connectivity index (χ2v) is 8.32. The molecule has 0 unspecified atom stereocenters. The van der Waals surface area contributed by atoms with Gasteiger partial charge in [0.1, 0.15) is 23.5 Å². The largest absolute Gasteiger partial charge is 0.491 e. The number of pyridine rings is 1. The fraction of sp³-hybridized carbons (Fsp3) is 0.304. The van der Waals surface area contributed by atoms with Crippen LogP contribution in [0.1, 0.15) is 16.8 Å². The summed E-state index contributed by atoms with van der Waals surface area (Å²) in [5, 5.41) is 4.01. The first-order valence-electron chi connectivity index (χ1n) is 11.1. The number of rotatable bonds is 3. The van der Waals surface area contributed by atoms with E-state index in [0.717, 1.165) is 11.2 Å². The zero-order valence-electron chi connectivity index (χ0n) is 18.6. The molecule has 35 heavy (non-hydrogen) atoms. The topological polar surface area (TPSA) is 137 Å². The molecule has 0 spiro atoms. The number of nitrogens with zero attached hydrogens (tertiary/aromatic N) is 5. The van der Waals surface area contributed by atoms with E-state index in [1.165, 1.54) is 18.2 Å². The number of hydrogen-bond acceptors (Lipinski definition) is 9. The van der Waals surface area contributed by atoms with Gasteiger partial charge in [0.05, 0.1) is 19.2 Å². The zero-order chi connectivity index (χ0) is 24.1. The smallest absolute Gasteiger partial charge is 0.416 e. The van der Waals surface area contributed by atoms with Gasteiger partial charge in [-0.05, 0) is 24.3 Å². The molecule has 12 heteroatoms. The summed E-state index contributed by atoms with van der Waals surface area (Å²) in [6, 6.07) is 6.03. The number of aromatic nitrogens is 3. The van der Waals surface area contributed by atoms with E-state index in [1.807, 2.05) is 4.57 Å². The van der Waals surface area contributed by atoms with Gasteiger partial charge in [0.15, 0.2) is 11.5 Å². The predicted octanol–water partition coefficient (Wildman–Crippen LogP) is 1.10. The van der Waals surface area contributed by atoms with E-state index in [9.17, 15) is 14.4 Å². The van der Waals surface area contributed by atoms with Crippen LogP contribution >= 0.6 is 0 Å². The molecule has 178 valence electrons. The number of methoxy groups -OCH3 is 1. The molecule has 0 radical (unpaired) electrons. The Morgan fingerprint density at radius 2 is 2.17 bits per heavy atom. The molecule has 2 saturated heterocycles. The minimum atomic E-state index is -0.669. The number of nitrogens with one attached hydrogen (secondary N) is 1. The van der Waals surface area contributed by atoms with E-state index in [1.54, 1.807) is 30.5 Å². The van der Waals surface area contributed by atoms with E-state index in [-0.39, 0.29) is 29.8 Å². The van der Waals surface area contributed by atoms with Crippen molar-refractivity contribution in [2.75, 3.05) is 25.5 Å². The summed E-state index contributed by atoms with van der Waals surface area (Å²) >= 11 is 0. The molecule has 0 saturated carbocycles. The van der Waals surface area contributed by atoms with E-state index in [0.29, 0.717) is 30.6 Å². The molecule has 2 atom stereocenters. The van der Waals surface area contributed by atoms with Crippen molar-refractivity contribution < 1.29 is 28.6 Å². The van der Waals surface area contributed by atoms with Crippen molar-refractivity contribution in [3.05, 3.63) is 47.8 Å². The monoisotopic (exact) mass is 476 g/mol. The van der Waals surface area contributed by atoms with Crippen LogP contribution in [-0.2, 0) is 16.1 Å². The Hall–Kier alpha value is -4.48. The Balaban J connectivity index is 1.41. The fourth-order valence-corrected chi connectivity index (χ4v) is 4.66. The summed E-state index contributed by atoms with van der Waals surface area (Å²) in [7, 11) is 1.44. The number of benzene rings is 1. The molecule has 1 aromatic carbocycles. The molecule has 5 heterocycles. The maximum Gasteiger partial charge on any atom is 0.416 e. The molecular weight excluding hydrogens is 456 g/mol. The molecule has 2 aromatic heterocycles. The van der Waals surface area contributed by atoms with Crippen LogP contribution in [0.2, 0.25) is 0 Å². The van der Waals surface area contributed by atoms with Crippen molar-refractivity contribution in [1.82, 2.24) is 19.4 Å². The third-order valence-corrected chi connectivity index (χ3v) is 6.27. The average Bonchev–Trinajstić information content (AvgIpc) is 3.60. The van der Waals surface area contributed by atoms with Gasteiger partial charge in [-0.2, -0.15) is 4.99 Å². The lowest BCUT2D eigenvalue weighted by Crippen LogP contribution is -2.45. The van der Waals surface area contributed by atoms with Crippen LogP contribution in [0.3, 0.4) is 0 Å². The number of anilines is 1. The van der Waals surface area contributed by atoms with Gasteiger partial charge in [0.2, 0.25) is 5.62 Å². The highest BCUT2D eigenvalue weighted by Gasteiger charge is 2.49. The zero-order valence-corrected chi connectivity index (χ0v) is 18.6. The predicted molar refractivity (Wildman–Crippen MR) is 120 cm³/mol. The Labute approximate surface area is 198 Å². The lowest BCUT2D eigenvalue weighted by molar-refractivity contribution is -0.149. The molecule has 6 rings (SSSR count). The summed E-state index contributed by atoms with van der Waals surface area (Å²) in [5.41, 5.74) is 0.897. The van der Waals surface area contributed by atoms with Crippen molar-refractivity contribution in [2.24, 2.45) is 4.99 Å². The molecular formula is C23H20N6O6. The quantitative estimate of drug-likeness (QED) is 0.551. The lowest BCUT2D eigenvalue weighted by atomic mass is 10.2. The molecule has 0 aliphatic carbocycles. The van der Waals surface area contributed by atoms with Gasteiger partial charge in [-0.1, -0.05) is 0 Å². The number of likely N-dealkylation sites (tertiary alicyclic amines) is 1. The SMILES string of the molecule is COc1c(OC(=O)N2C[C@@H]3C[C@H]2C(=O)O3)ccc2c3n(c(=NC(=O)c4cccnc4)nc12)CCN3. The number of fused-ring (bicyclic) bond motifs is 5. The standard InChI is InChI=1S/C23H20N6O6/c1-33-18-16(35-23(32)29-11-13-9-15(29)21(31)34-13)5-4-14-17(18)26-22(28-8-7-25-19(14)28)27-20(30)12-3-2-6-24-10-12/h2-6,10,13,15,25H,7-9,11H2,1H3/t13-,15-/m0/s1. The first kappa shape index (κ1) is 21.1. The molecule has 2 fully saturated rings. The van der Waals surface area contributed by atoms with Crippen LogP contribution < -0.4 is 20.4 Å². The maximum absolute atomic E-state index is 12.8. The number of carbonyl (C=O) groups excluding carboxylic acids is 3. The van der Waals surface area contributed by atoms with Crippen molar-refractivity contribution in [2.45, 2.75) is 25.1 Å². The number of carbonyl (C=O) groups is 3. The van der Waals surface area contributed by atoms with Crippen molar-refractivity contribution in [3.63, 3.8) is 0 Å². The Bertz CT molecular complexity index is 1450. The third kappa shape index (κ3) is 3.45. The fourth-order valence-electron chi connectivity index (χ4n) is 4.66. The Morgan fingerprint density at radius 3 is 2.91 bits per heavy atom. The number of esters is 1. The van der Waals surface area contributed by atoms with Crippen LogP contribution in [-0.4, -0.2) is 69.7 Å².